The molecule has 0 unspecified atom stereocenters. The van der Waals surface area contributed by atoms with E-state index < -0.39 is 12.3 Å². The Labute approximate surface area is 194 Å². The second-order valence-electron chi connectivity index (χ2n) is 8.29. The molecule has 0 amide bonds. The average Bonchev–Trinajstić information content (AvgIpc) is 3.30. The van der Waals surface area contributed by atoms with Crippen LogP contribution < -0.4 is 10.1 Å². The topological polar surface area (TPSA) is 96.3 Å². The van der Waals surface area contributed by atoms with Crippen molar-refractivity contribution in [2.75, 3.05) is 26.7 Å². The number of aromatic nitrogens is 4. The minimum atomic E-state index is -1.03. The number of piperidine rings is 1. The number of likely N-dealkylation sites (tertiary alicyclic amines) is 1. The third-order valence-electron chi connectivity index (χ3n) is 6.13. The highest BCUT2D eigenvalue weighted by Crippen LogP contribution is 2.28. The van der Waals surface area contributed by atoms with Crippen LogP contribution in [-0.2, 0) is 6.54 Å². The highest BCUT2D eigenvalue weighted by atomic mass is 32.1. The molecule has 1 aromatic carbocycles. The molecule has 5 rings (SSSR count). The predicted molar refractivity (Wildman–Crippen MR) is 125 cm³/mol. The van der Waals surface area contributed by atoms with Crippen LogP contribution >= 0.6 is 11.5 Å². The number of β-amino-alcohol motifs (C(OH)–C–C–N with tert-alkyl or cyclic N) is 1. The third kappa shape index (κ3) is 4.79. The van der Waals surface area contributed by atoms with Crippen molar-refractivity contribution in [1.29, 1.82) is 0 Å². The Morgan fingerprint density at radius 3 is 3.03 bits per heavy atom. The molecule has 3 aromatic heterocycles. The van der Waals surface area contributed by atoms with Gasteiger partial charge in [0.15, 0.2) is 4.83 Å². The molecule has 0 saturated carbocycles. The fraction of sp³-hybridized carbons (Fsp3) is 0.391. The van der Waals surface area contributed by atoms with E-state index in [4.69, 9.17) is 4.74 Å². The number of alkyl halides is 1. The zero-order valence-electron chi connectivity index (χ0n) is 18.2. The van der Waals surface area contributed by atoms with Crippen LogP contribution in [0.3, 0.4) is 0 Å². The Kier molecular flexibility index (Phi) is 6.41. The molecule has 2 N–H and O–H groups in total. The van der Waals surface area contributed by atoms with Gasteiger partial charge in [-0.05, 0) is 54.4 Å². The molecule has 0 radical (unpaired) electrons. The molecule has 10 heteroatoms. The first-order valence-corrected chi connectivity index (χ1v) is 11.7. The number of hydrogen-bond acceptors (Lipinski definition) is 9. The largest absolute Gasteiger partial charge is 0.497 e. The van der Waals surface area contributed by atoms with E-state index in [-0.39, 0.29) is 12.6 Å². The number of nitrogens with zero attached hydrogens (tertiary/aromatic N) is 5. The van der Waals surface area contributed by atoms with Gasteiger partial charge >= 0.3 is 0 Å². The van der Waals surface area contributed by atoms with E-state index >= 15 is 0 Å². The van der Waals surface area contributed by atoms with E-state index in [2.05, 4.69) is 24.9 Å². The Balaban J connectivity index is 1.19. The number of hydrogen-bond donors (Lipinski definition) is 2. The molecule has 33 heavy (non-hydrogen) atoms. The van der Waals surface area contributed by atoms with Crippen LogP contribution in [0.1, 0.15) is 23.7 Å². The maximum Gasteiger partial charge on any atom is 0.163 e. The fourth-order valence-corrected chi connectivity index (χ4v) is 4.84. The predicted octanol–water partition coefficient (Wildman–Crippen LogP) is 2.88. The first-order valence-electron chi connectivity index (χ1n) is 10.9. The van der Waals surface area contributed by atoms with Gasteiger partial charge in [0.1, 0.15) is 17.4 Å². The van der Waals surface area contributed by atoms with Crippen LogP contribution in [0, 0.1) is 0 Å². The number of aliphatic hydroxyl groups excluding tert-OH is 1. The van der Waals surface area contributed by atoms with Gasteiger partial charge in [-0.1, -0.05) is 4.49 Å². The number of benzene rings is 1. The highest BCUT2D eigenvalue weighted by molar-refractivity contribution is 7.12. The summed E-state index contributed by atoms with van der Waals surface area (Å²) in [7, 11) is 1.61. The van der Waals surface area contributed by atoms with Crippen LogP contribution in [0.15, 0.2) is 42.7 Å². The van der Waals surface area contributed by atoms with E-state index in [1.54, 1.807) is 19.5 Å². The van der Waals surface area contributed by atoms with Crippen LogP contribution in [-0.4, -0.2) is 68.5 Å². The normalized spacial score (nSPS) is 20.3. The second-order valence-corrected chi connectivity index (χ2v) is 9.02. The lowest BCUT2D eigenvalue weighted by atomic mass is 10.00. The molecular weight excluding hydrogens is 443 g/mol. The summed E-state index contributed by atoms with van der Waals surface area (Å²) in [6.45, 7) is 1.86. The summed E-state index contributed by atoms with van der Waals surface area (Å²) in [6, 6.07) is 9.11. The summed E-state index contributed by atoms with van der Waals surface area (Å²) < 4.78 is 24.2. The highest BCUT2D eigenvalue weighted by Gasteiger charge is 2.30. The molecule has 1 aliphatic rings. The van der Waals surface area contributed by atoms with Crippen molar-refractivity contribution < 1.29 is 14.2 Å². The van der Waals surface area contributed by atoms with Crippen LogP contribution in [0.25, 0.3) is 21.3 Å². The molecule has 1 saturated heterocycles. The molecule has 4 heterocycles. The zero-order chi connectivity index (χ0) is 22.8. The van der Waals surface area contributed by atoms with Crippen molar-refractivity contribution in [3.05, 3.63) is 53.9 Å². The van der Waals surface area contributed by atoms with E-state index in [1.807, 2.05) is 35.2 Å². The van der Waals surface area contributed by atoms with E-state index in [9.17, 15) is 9.50 Å². The van der Waals surface area contributed by atoms with E-state index in [0.29, 0.717) is 31.8 Å². The van der Waals surface area contributed by atoms with E-state index in [0.717, 1.165) is 32.4 Å². The molecule has 1 fully saturated rings. The Hall–Kier alpha value is -2.79. The quantitative estimate of drug-likeness (QED) is 0.428. The Morgan fingerprint density at radius 2 is 2.18 bits per heavy atom. The maximum absolute atomic E-state index is 15.0. The monoisotopic (exact) mass is 468 g/mol. The Bertz CT molecular complexity index is 1250. The second kappa shape index (κ2) is 9.60. The molecule has 8 nitrogen and oxygen atoms in total. The molecule has 0 aliphatic carbocycles. The molecule has 1 aliphatic heterocycles. The summed E-state index contributed by atoms with van der Waals surface area (Å²) in [5, 5.41) is 19.1. The molecule has 3 atom stereocenters. The van der Waals surface area contributed by atoms with Gasteiger partial charge in [0.25, 0.3) is 0 Å². The number of pyridine rings is 2. The lowest BCUT2D eigenvalue weighted by molar-refractivity contribution is 0.0571. The van der Waals surface area contributed by atoms with Crippen molar-refractivity contribution >= 4 is 32.8 Å². The molecule has 0 bridgehead atoms. The van der Waals surface area contributed by atoms with Gasteiger partial charge in [-0.15, -0.1) is 5.10 Å². The van der Waals surface area contributed by atoms with Gasteiger partial charge in [0.2, 0.25) is 0 Å². The summed E-state index contributed by atoms with van der Waals surface area (Å²) in [5.74, 6) is 0.708. The standard InChI is InChI=1S/C23H25FN6O2S/c1-32-15-2-3-19-17(9-15)16(4-6-25-19)22(31)13-30-7-5-20(18(24)12-30)26-10-14-8-21-23(27-11-14)33-29-28-21/h2-4,6,8-9,11,18,20,22,26,31H,5,7,10,12-13H2,1H3/t18-,20+,22-/m0/s1. The minimum Gasteiger partial charge on any atom is -0.497 e. The molecular formula is C23H25FN6O2S. The summed E-state index contributed by atoms with van der Waals surface area (Å²) in [6.07, 6.45) is 2.35. The van der Waals surface area contributed by atoms with Crippen molar-refractivity contribution in [2.45, 2.75) is 31.3 Å². The average molecular weight is 469 g/mol. The van der Waals surface area contributed by atoms with Crippen LogP contribution in [0.5, 0.6) is 5.75 Å². The van der Waals surface area contributed by atoms with Gasteiger partial charge < -0.3 is 15.2 Å². The number of ether oxygens (including phenoxy) is 1. The third-order valence-corrected chi connectivity index (χ3v) is 6.78. The Morgan fingerprint density at radius 1 is 1.27 bits per heavy atom. The SMILES string of the molecule is COc1ccc2nccc([C@@H](O)CN3CC[C@@H](NCc4cnc5snnc5c4)[C@@H](F)C3)c2c1. The van der Waals surface area contributed by atoms with Crippen molar-refractivity contribution in [2.24, 2.45) is 0 Å². The smallest absolute Gasteiger partial charge is 0.163 e. The van der Waals surface area contributed by atoms with Crippen molar-refractivity contribution in [1.82, 2.24) is 29.8 Å². The fourth-order valence-electron chi connectivity index (χ4n) is 4.34. The summed E-state index contributed by atoms with van der Waals surface area (Å²) in [4.78, 5) is 11.5. The number of fused-ring (bicyclic) bond motifs is 2. The lowest BCUT2D eigenvalue weighted by Crippen LogP contribution is -2.51. The van der Waals surface area contributed by atoms with Crippen molar-refractivity contribution in [3.8, 4) is 5.75 Å². The number of methoxy groups -OCH3 is 1. The summed E-state index contributed by atoms with van der Waals surface area (Å²) >= 11 is 1.26. The zero-order valence-corrected chi connectivity index (χ0v) is 19.0. The van der Waals surface area contributed by atoms with Crippen LogP contribution in [0.4, 0.5) is 4.39 Å². The minimum absolute atomic E-state index is 0.242. The first-order chi connectivity index (χ1) is 16.1. The van der Waals surface area contributed by atoms with Gasteiger partial charge in [-0.2, -0.15) is 0 Å². The van der Waals surface area contributed by atoms with Crippen LogP contribution in [0.2, 0.25) is 0 Å². The van der Waals surface area contributed by atoms with Gasteiger partial charge in [-0.25, -0.2) is 9.37 Å². The van der Waals surface area contributed by atoms with Gasteiger partial charge in [0.05, 0.1) is 18.7 Å². The van der Waals surface area contributed by atoms with Gasteiger partial charge in [0, 0.05) is 55.0 Å². The number of halogens is 1. The van der Waals surface area contributed by atoms with E-state index in [1.165, 1.54) is 11.5 Å². The lowest BCUT2D eigenvalue weighted by Gasteiger charge is -2.36. The molecule has 4 aromatic rings. The maximum atomic E-state index is 15.0. The van der Waals surface area contributed by atoms with Gasteiger partial charge in [-0.3, -0.25) is 9.88 Å². The summed E-state index contributed by atoms with van der Waals surface area (Å²) in [5.41, 5.74) is 3.29. The molecule has 172 valence electrons. The number of rotatable bonds is 7. The molecule has 0 spiro atoms. The number of nitrogens with one attached hydrogen (secondary N) is 1. The first kappa shape index (κ1) is 22.0. The van der Waals surface area contributed by atoms with Crippen molar-refractivity contribution in [3.63, 3.8) is 0 Å². The number of aliphatic hydroxyl groups is 1.